The number of nitrogens with zero attached hydrogens (tertiary/aromatic N) is 2. The van der Waals surface area contributed by atoms with Crippen LogP contribution >= 0.6 is 11.6 Å². The van der Waals surface area contributed by atoms with E-state index in [0.29, 0.717) is 5.92 Å². The van der Waals surface area contributed by atoms with Gasteiger partial charge in [-0.3, -0.25) is 4.68 Å². The summed E-state index contributed by atoms with van der Waals surface area (Å²) in [4.78, 5) is 0. The first kappa shape index (κ1) is 9.59. The van der Waals surface area contributed by atoms with Gasteiger partial charge in [0.1, 0.15) is 5.15 Å². The van der Waals surface area contributed by atoms with Crippen molar-refractivity contribution in [2.75, 3.05) is 0 Å². The fraction of sp³-hybridized carbons (Fsp3) is 0.667. The van der Waals surface area contributed by atoms with Crippen molar-refractivity contribution in [2.45, 2.75) is 34.2 Å². The van der Waals surface area contributed by atoms with Crippen LogP contribution in [0.25, 0.3) is 0 Å². The van der Waals surface area contributed by atoms with Crippen LogP contribution in [0.5, 0.6) is 0 Å². The molecule has 0 amide bonds. The lowest BCUT2D eigenvalue weighted by molar-refractivity contribution is 0.481. The Morgan fingerprint density at radius 1 is 1.42 bits per heavy atom. The summed E-state index contributed by atoms with van der Waals surface area (Å²) in [5.74, 6) is 0.584. The zero-order valence-electron chi connectivity index (χ0n) is 8.06. The van der Waals surface area contributed by atoms with Crippen LogP contribution in [-0.2, 0) is 6.54 Å². The van der Waals surface area contributed by atoms with Gasteiger partial charge in [-0.25, -0.2) is 0 Å². The van der Waals surface area contributed by atoms with E-state index in [2.05, 4.69) is 18.9 Å². The van der Waals surface area contributed by atoms with Gasteiger partial charge in [-0.05, 0) is 19.8 Å². The quantitative estimate of drug-likeness (QED) is 0.695. The molecule has 0 fully saturated rings. The van der Waals surface area contributed by atoms with Crippen LogP contribution in [0.1, 0.15) is 25.1 Å². The number of halogens is 1. The van der Waals surface area contributed by atoms with E-state index in [1.165, 1.54) is 0 Å². The van der Waals surface area contributed by atoms with Gasteiger partial charge in [-0.15, -0.1) is 0 Å². The number of aromatic nitrogens is 2. The summed E-state index contributed by atoms with van der Waals surface area (Å²) < 4.78 is 1.87. The van der Waals surface area contributed by atoms with Crippen LogP contribution in [0.4, 0.5) is 0 Å². The van der Waals surface area contributed by atoms with Crippen molar-refractivity contribution in [3.8, 4) is 0 Å². The lowest BCUT2D eigenvalue weighted by Gasteiger charge is -2.05. The molecule has 2 nitrogen and oxygen atoms in total. The first-order valence-electron chi connectivity index (χ1n) is 4.22. The Morgan fingerprint density at radius 3 is 2.33 bits per heavy atom. The zero-order valence-corrected chi connectivity index (χ0v) is 8.81. The van der Waals surface area contributed by atoms with E-state index >= 15 is 0 Å². The van der Waals surface area contributed by atoms with E-state index in [1.54, 1.807) is 0 Å². The predicted octanol–water partition coefficient (Wildman–Crippen LogP) is 2.81. The molecule has 0 N–H and O–H groups in total. The fourth-order valence-electron chi connectivity index (χ4n) is 1.11. The van der Waals surface area contributed by atoms with Crippen molar-refractivity contribution in [3.63, 3.8) is 0 Å². The summed E-state index contributed by atoms with van der Waals surface area (Å²) in [6.07, 6.45) is 0. The summed E-state index contributed by atoms with van der Waals surface area (Å²) in [7, 11) is 0. The lowest BCUT2D eigenvalue weighted by atomic mass is 10.2. The van der Waals surface area contributed by atoms with E-state index < -0.39 is 0 Å². The SMILES string of the molecule is Cc1nn(CC(C)C)c(Cl)c1C. The van der Waals surface area contributed by atoms with E-state index in [9.17, 15) is 0 Å². The molecule has 0 bridgehead atoms. The fourth-order valence-corrected chi connectivity index (χ4v) is 1.35. The molecule has 0 aliphatic carbocycles. The molecule has 0 saturated carbocycles. The highest BCUT2D eigenvalue weighted by molar-refractivity contribution is 6.30. The molecule has 0 spiro atoms. The highest BCUT2D eigenvalue weighted by atomic mass is 35.5. The van der Waals surface area contributed by atoms with E-state index in [0.717, 1.165) is 23.0 Å². The predicted molar refractivity (Wildman–Crippen MR) is 51.5 cm³/mol. The molecule has 0 aromatic carbocycles. The molecule has 68 valence electrons. The second-order valence-electron chi connectivity index (χ2n) is 3.58. The largest absolute Gasteiger partial charge is 0.253 e. The average Bonchev–Trinajstić information content (AvgIpc) is 2.17. The number of hydrogen-bond donors (Lipinski definition) is 0. The van der Waals surface area contributed by atoms with Crippen molar-refractivity contribution in [1.29, 1.82) is 0 Å². The molecule has 1 aromatic rings. The van der Waals surface area contributed by atoms with Gasteiger partial charge in [0.15, 0.2) is 0 Å². The Hall–Kier alpha value is -0.500. The summed E-state index contributed by atoms with van der Waals surface area (Å²) in [5, 5.41) is 5.11. The molecular formula is C9H15ClN2. The summed E-state index contributed by atoms with van der Waals surface area (Å²) in [5.41, 5.74) is 2.12. The minimum Gasteiger partial charge on any atom is -0.253 e. The molecule has 1 rings (SSSR count). The van der Waals surface area contributed by atoms with E-state index in [-0.39, 0.29) is 0 Å². The highest BCUT2D eigenvalue weighted by Gasteiger charge is 2.09. The molecule has 1 aromatic heterocycles. The smallest absolute Gasteiger partial charge is 0.130 e. The van der Waals surface area contributed by atoms with Crippen molar-refractivity contribution in [2.24, 2.45) is 5.92 Å². The minimum atomic E-state index is 0.584. The third-order valence-corrected chi connectivity index (χ3v) is 2.37. The molecule has 0 aliphatic heterocycles. The lowest BCUT2D eigenvalue weighted by Crippen LogP contribution is -2.06. The standard InChI is InChI=1S/C9H15ClN2/c1-6(2)5-12-9(10)7(3)8(4)11-12/h6H,5H2,1-4H3. The topological polar surface area (TPSA) is 17.8 Å². The van der Waals surface area contributed by atoms with Gasteiger partial charge < -0.3 is 0 Å². The van der Waals surface area contributed by atoms with Gasteiger partial charge in [-0.1, -0.05) is 25.4 Å². The molecule has 12 heavy (non-hydrogen) atoms. The van der Waals surface area contributed by atoms with E-state index in [4.69, 9.17) is 11.6 Å². The maximum atomic E-state index is 6.06. The molecule has 0 saturated heterocycles. The van der Waals surface area contributed by atoms with Gasteiger partial charge in [0.05, 0.1) is 5.69 Å². The Morgan fingerprint density at radius 2 is 2.00 bits per heavy atom. The van der Waals surface area contributed by atoms with Crippen LogP contribution in [0.2, 0.25) is 5.15 Å². The maximum Gasteiger partial charge on any atom is 0.130 e. The van der Waals surface area contributed by atoms with Crippen LogP contribution in [0.3, 0.4) is 0 Å². The number of aryl methyl sites for hydroxylation is 1. The Kier molecular flexibility index (Phi) is 2.78. The van der Waals surface area contributed by atoms with Crippen LogP contribution in [0, 0.1) is 19.8 Å². The van der Waals surface area contributed by atoms with Gasteiger partial charge >= 0.3 is 0 Å². The maximum absolute atomic E-state index is 6.06. The Balaban J connectivity index is 2.93. The molecule has 0 radical (unpaired) electrons. The van der Waals surface area contributed by atoms with Gasteiger partial charge in [-0.2, -0.15) is 5.10 Å². The molecular weight excluding hydrogens is 172 g/mol. The second kappa shape index (κ2) is 3.48. The van der Waals surface area contributed by atoms with Gasteiger partial charge in [0.2, 0.25) is 0 Å². The Bertz CT molecular complexity index is 276. The monoisotopic (exact) mass is 186 g/mol. The number of rotatable bonds is 2. The van der Waals surface area contributed by atoms with E-state index in [1.807, 2.05) is 18.5 Å². The third-order valence-electron chi connectivity index (χ3n) is 1.89. The first-order chi connectivity index (χ1) is 5.52. The van der Waals surface area contributed by atoms with Crippen molar-refractivity contribution < 1.29 is 0 Å². The molecule has 0 atom stereocenters. The third kappa shape index (κ3) is 1.81. The molecule has 0 aliphatic rings. The zero-order chi connectivity index (χ0) is 9.30. The Labute approximate surface area is 78.5 Å². The summed E-state index contributed by atoms with van der Waals surface area (Å²) in [6.45, 7) is 9.19. The van der Waals surface area contributed by atoms with Crippen molar-refractivity contribution in [3.05, 3.63) is 16.4 Å². The summed E-state index contributed by atoms with van der Waals surface area (Å²) >= 11 is 6.06. The second-order valence-corrected chi connectivity index (χ2v) is 3.94. The van der Waals surface area contributed by atoms with Crippen LogP contribution in [-0.4, -0.2) is 9.78 Å². The van der Waals surface area contributed by atoms with Crippen LogP contribution < -0.4 is 0 Å². The summed E-state index contributed by atoms with van der Waals surface area (Å²) in [6, 6.07) is 0. The molecule has 1 heterocycles. The average molecular weight is 187 g/mol. The molecule has 3 heteroatoms. The first-order valence-corrected chi connectivity index (χ1v) is 4.59. The minimum absolute atomic E-state index is 0.584. The number of hydrogen-bond acceptors (Lipinski definition) is 1. The highest BCUT2D eigenvalue weighted by Crippen LogP contribution is 2.18. The molecule has 0 unspecified atom stereocenters. The van der Waals surface area contributed by atoms with Crippen molar-refractivity contribution in [1.82, 2.24) is 9.78 Å². The van der Waals surface area contributed by atoms with Gasteiger partial charge in [0.25, 0.3) is 0 Å². The normalized spacial score (nSPS) is 11.2. The van der Waals surface area contributed by atoms with Gasteiger partial charge in [0, 0.05) is 12.1 Å². The van der Waals surface area contributed by atoms with Crippen LogP contribution in [0.15, 0.2) is 0 Å². The van der Waals surface area contributed by atoms with Crippen molar-refractivity contribution >= 4 is 11.6 Å².